The van der Waals surface area contributed by atoms with Crippen molar-refractivity contribution in [3.63, 3.8) is 0 Å². The lowest BCUT2D eigenvalue weighted by Crippen LogP contribution is -2.26. The smallest absolute Gasteiger partial charge is 0.366 e. The maximum atomic E-state index is 13.9. The zero-order valence-electron chi connectivity index (χ0n) is 17.2. The van der Waals surface area contributed by atoms with Gasteiger partial charge < -0.3 is 22.9 Å². The Kier molecular flexibility index (Phi) is 4.97. The highest BCUT2D eigenvalue weighted by atomic mass is 31.2. The molecule has 9 nitrogen and oxygen atoms in total. The van der Waals surface area contributed by atoms with Gasteiger partial charge in [-0.05, 0) is 44.2 Å². The number of hydrogen-bond acceptors (Lipinski definition) is 9. The number of nitrogens with zero attached hydrogens (tertiary/aromatic N) is 1. The van der Waals surface area contributed by atoms with E-state index in [4.69, 9.17) is 22.9 Å². The van der Waals surface area contributed by atoms with Crippen molar-refractivity contribution in [2.75, 3.05) is 20.0 Å². The Labute approximate surface area is 182 Å². The first-order chi connectivity index (χ1) is 15.5. The first kappa shape index (κ1) is 20.6. The van der Waals surface area contributed by atoms with Gasteiger partial charge in [0.15, 0.2) is 28.8 Å². The summed E-state index contributed by atoms with van der Waals surface area (Å²) in [5.74, 6) is -0.339. The summed E-state index contributed by atoms with van der Waals surface area (Å²) >= 11 is 0. The summed E-state index contributed by atoms with van der Waals surface area (Å²) in [5.41, 5.74) is 0.373. The summed E-state index contributed by atoms with van der Waals surface area (Å²) in [6.07, 6.45) is 1.42. The van der Waals surface area contributed by atoms with E-state index in [0.29, 0.717) is 17.1 Å². The zero-order valence-corrected chi connectivity index (χ0v) is 18.1. The summed E-state index contributed by atoms with van der Waals surface area (Å²) in [4.78, 5) is 30.6. The molecule has 2 aromatic heterocycles. The molecule has 0 amide bonds. The van der Waals surface area contributed by atoms with Crippen molar-refractivity contribution in [2.45, 2.75) is 13.8 Å². The van der Waals surface area contributed by atoms with Crippen LogP contribution in [0.5, 0.6) is 11.5 Å². The minimum atomic E-state index is -4.04. The maximum Gasteiger partial charge on any atom is 0.366 e. The number of benzene rings is 1. The van der Waals surface area contributed by atoms with E-state index in [1.807, 2.05) is 0 Å². The Bertz CT molecular complexity index is 1300. The number of carbonyl (C=O) groups is 2. The third kappa shape index (κ3) is 3.01. The number of carbonyl (C=O) groups excluding carboxylic acids is 2. The molecule has 1 aliphatic carbocycles. The normalized spacial score (nSPS) is 14.4. The van der Waals surface area contributed by atoms with Gasteiger partial charge in [0.1, 0.15) is 11.0 Å². The molecular formula is C22H18NO8P. The zero-order chi connectivity index (χ0) is 22.5. The molecule has 3 aromatic rings. The van der Waals surface area contributed by atoms with Crippen LogP contribution in [0.1, 0.15) is 46.0 Å². The first-order valence-corrected chi connectivity index (χ1v) is 11.5. The van der Waals surface area contributed by atoms with Gasteiger partial charge in [-0.1, -0.05) is 0 Å². The molecule has 164 valence electrons. The van der Waals surface area contributed by atoms with Gasteiger partial charge in [0, 0.05) is 11.8 Å². The first-order valence-electron chi connectivity index (χ1n) is 9.99. The van der Waals surface area contributed by atoms with Crippen LogP contribution in [0.15, 0.2) is 40.9 Å². The van der Waals surface area contributed by atoms with Crippen molar-refractivity contribution in [3.05, 3.63) is 59.1 Å². The fourth-order valence-corrected chi connectivity index (χ4v) is 5.72. The summed E-state index contributed by atoms with van der Waals surface area (Å²) in [6, 6.07) is 7.99. The Hall–Kier alpha value is -3.26. The molecule has 0 N–H and O–H groups in total. The van der Waals surface area contributed by atoms with Crippen LogP contribution in [0.25, 0.3) is 11.3 Å². The molecule has 0 radical (unpaired) electrons. The predicted molar refractivity (Wildman–Crippen MR) is 112 cm³/mol. The highest BCUT2D eigenvalue weighted by Crippen LogP contribution is 2.53. The van der Waals surface area contributed by atoms with Crippen molar-refractivity contribution in [3.8, 4) is 22.8 Å². The van der Waals surface area contributed by atoms with Gasteiger partial charge in [0.2, 0.25) is 12.6 Å². The van der Waals surface area contributed by atoms with Crippen LogP contribution in [0.3, 0.4) is 0 Å². The van der Waals surface area contributed by atoms with Crippen LogP contribution in [0.4, 0.5) is 0 Å². The second-order valence-electron chi connectivity index (χ2n) is 6.94. The molecular weight excluding hydrogens is 437 g/mol. The van der Waals surface area contributed by atoms with Crippen molar-refractivity contribution in [1.29, 1.82) is 0 Å². The van der Waals surface area contributed by atoms with Gasteiger partial charge >= 0.3 is 7.60 Å². The molecule has 0 atom stereocenters. The number of ether oxygens (including phenoxy) is 2. The number of hydrogen-bond donors (Lipinski definition) is 0. The van der Waals surface area contributed by atoms with Gasteiger partial charge in [-0.3, -0.25) is 19.1 Å². The maximum absolute atomic E-state index is 13.9. The second-order valence-corrected chi connectivity index (χ2v) is 8.90. The number of ketones is 2. The number of aromatic nitrogens is 1. The van der Waals surface area contributed by atoms with Crippen LogP contribution in [0.2, 0.25) is 0 Å². The fourth-order valence-electron chi connectivity index (χ4n) is 3.81. The molecule has 10 heteroatoms. The molecule has 3 heterocycles. The number of furan rings is 1. The van der Waals surface area contributed by atoms with Gasteiger partial charge in [-0.2, -0.15) is 0 Å². The van der Waals surface area contributed by atoms with E-state index >= 15 is 0 Å². The lowest BCUT2D eigenvalue weighted by molar-refractivity contribution is 0.0957. The fraction of sp³-hybridized carbons (Fsp3) is 0.227. The van der Waals surface area contributed by atoms with Crippen LogP contribution < -0.4 is 14.8 Å². The Balaban J connectivity index is 1.81. The minimum absolute atomic E-state index is 0.0230. The molecule has 5 rings (SSSR count). The van der Waals surface area contributed by atoms with Gasteiger partial charge in [0.25, 0.3) is 0 Å². The lowest BCUT2D eigenvalue weighted by atomic mass is 9.92. The van der Waals surface area contributed by atoms with Crippen LogP contribution in [-0.4, -0.2) is 36.6 Å². The van der Waals surface area contributed by atoms with E-state index in [0.717, 1.165) is 0 Å². The topological polar surface area (TPSA) is 114 Å². The average molecular weight is 455 g/mol. The van der Waals surface area contributed by atoms with Gasteiger partial charge in [-0.25, -0.2) is 0 Å². The van der Waals surface area contributed by atoms with E-state index in [1.54, 1.807) is 38.1 Å². The molecule has 32 heavy (non-hydrogen) atoms. The van der Waals surface area contributed by atoms with E-state index in [1.165, 1.54) is 12.3 Å². The molecule has 0 bridgehead atoms. The molecule has 1 aromatic carbocycles. The van der Waals surface area contributed by atoms with Crippen LogP contribution in [0, 0.1) is 0 Å². The third-order valence-corrected chi connectivity index (χ3v) is 7.26. The van der Waals surface area contributed by atoms with Gasteiger partial charge in [0.05, 0.1) is 24.3 Å². The molecule has 0 saturated carbocycles. The van der Waals surface area contributed by atoms with Gasteiger partial charge in [-0.15, -0.1) is 0 Å². The van der Waals surface area contributed by atoms with Crippen molar-refractivity contribution >= 4 is 24.5 Å². The number of rotatable bonds is 6. The Morgan fingerprint density at radius 1 is 1.00 bits per heavy atom. The highest BCUT2D eigenvalue weighted by Gasteiger charge is 2.46. The number of fused-ring (bicyclic) bond motifs is 3. The molecule has 0 spiro atoms. The minimum Gasteiger partial charge on any atom is -0.454 e. The van der Waals surface area contributed by atoms with Crippen LogP contribution in [-0.2, 0) is 13.6 Å². The molecule has 2 aliphatic rings. The molecule has 0 saturated heterocycles. The largest absolute Gasteiger partial charge is 0.454 e. The molecule has 0 fully saturated rings. The van der Waals surface area contributed by atoms with Crippen molar-refractivity contribution in [1.82, 2.24) is 4.98 Å². The average Bonchev–Trinajstić information content (AvgIpc) is 3.42. The highest BCUT2D eigenvalue weighted by molar-refractivity contribution is 7.62. The lowest BCUT2D eigenvalue weighted by Gasteiger charge is -2.19. The van der Waals surface area contributed by atoms with Crippen molar-refractivity contribution < 1.29 is 37.1 Å². The predicted octanol–water partition coefficient (Wildman–Crippen LogP) is 3.74. The van der Waals surface area contributed by atoms with E-state index < -0.39 is 19.2 Å². The summed E-state index contributed by atoms with van der Waals surface area (Å²) in [7, 11) is -4.04. The Morgan fingerprint density at radius 2 is 1.75 bits per heavy atom. The Morgan fingerprint density at radius 3 is 2.50 bits per heavy atom. The van der Waals surface area contributed by atoms with E-state index in [-0.39, 0.29) is 53.7 Å². The molecule has 0 unspecified atom stereocenters. The quantitative estimate of drug-likeness (QED) is 0.401. The molecule has 1 aliphatic heterocycles. The standard InChI is InChI=1S/C22H18NO8P/c1-3-29-32(26,30-4-2)22-16-18(24)13-6-5-9-23-17(13)19(25)21(16)31-20(22)12-7-8-14-15(10-12)28-11-27-14/h5-10H,3-4,11H2,1-2H3. The van der Waals surface area contributed by atoms with Crippen molar-refractivity contribution in [2.24, 2.45) is 0 Å². The monoisotopic (exact) mass is 455 g/mol. The summed E-state index contributed by atoms with van der Waals surface area (Å²) in [5, 5.41) is -0.0806. The summed E-state index contributed by atoms with van der Waals surface area (Å²) < 4.78 is 41.7. The SMILES string of the molecule is CCOP(=O)(OCC)c1c(-c2ccc3c(c2)OCO3)oc2c1C(=O)c1cccnc1C2=O. The summed E-state index contributed by atoms with van der Waals surface area (Å²) in [6.45, 7) is 3.49. The van der Waals surface area contributed by atoms with E-state index in [9.17, 15) is 14.2 Å². The third-order valence-electron chi connectivity index (χ3n) is 5.09. The number of pyridine rings is 1. The second kappa shape index (κ2) is 7.70. The van der Waals surface area contributed by atoms with E-state index in [2.05, 4.69) is 4.98 Å². The van der Waals surface area contributed by atoms with Crippen LogP contribution >= 0.6 is 7.60 Å².